The fraction of sp³-hybridized carbons (Fsp3) is 0.222. The number of sulfonamides is 1. The minimum Gasteiger partial charge on any atom is -0.355 e. The van der Waals surface area contributed by atoms with E-state index in [9.17, 15) is 18.0 Å². The molecule has 2 aromatic carbocycles. The Morgan fingerprint density at radius 1 is 0.960 bits per heavy atom. The average Bonchev–Trinajstić information content (AvgIpc) is 2.61. The second-order valence-electron chi connectivity index (χ2n) is 5.49. The van der Waals surface area contributed by atoms with E-state index < -0.39 is 15.9 Å². The van der Waals surface area contributed by atoms with Gasteiger partial charge >= 0.3 is 0 Å². The van der Waals surface area contributed by atoms with Gasteiger partial charge in [0.15, 0.2) is 5.78 Å². The highest BCUT2D eigenvalue weighted by Crippen LogP contribution is 2.10. The van der Waals surface area contributed by atoms with Gasteiger partial charge in [0.25, 0.3) is 0 Å². The molecule has 0 radical (unpaired) electrons. The lowest BCUT2D eigenvalue weighted by molar-refractivity contribution is -0.119. The molecule has 0 fully saturated rings. The van der Waals surface area contributed by atoms with Gasteiger partial charge in [0.2, 0.25) is 15.9 Å². The van der Waals surface area contributed by atoms with Gasteiger partial charge in [0, 0.05) is 12.1 Å². The van der Waals surface area contributed by atoms with Crippen LogP contribution in [0, 0.1) is 0 Å². The molecule has 2 rings (SSSR count). The second kappa shape index (κ2) is 8.55. The third-order valence-electron chi connectivity index (χ3n) is 3.57. The fourth-order valence-electron chi connectivity index (χ4n) is 2.17. The summed E-state index contributed by atoms with van der Waals surface area (Å²) >= 11 is 0. The van der Waals surface area contributed by atoms with E-state index in [4.69, 9.17) is 0 Å². The molecular formula is C18H20N2O4S. The van der Waals surface area contributed by atoms with Gasteiger partial charge in [-0.2, -0.15) is 0 Å². The molecule has 0 aliphatic rings. The summed E-state index contributed by atoms with van der Waals surface area (Å²) in [6, 6.07) is 15.2. The first-order valence-electron chi connectivity index (χ1n) is 7.80. The maximum Gasteiger partial charge on any atom is 0.241 e. The minimum atomic E-state index is -3.80. The first-order valence-corrected chi connectivity index (χ1v) is 9.28. The van der Waals surface area contributed by atoms with Crippen molar-refractivity contribution in [3.05, 3.63) is 65.7 Å². The molecule has 0 heterocycles. The summed E-state index contributed by atoms with van der Waals surface area (Å²) in [6.07, 6.45) is 0.672. The normalized spacial score (nSPS) is 11.1. The van der Waals surface area contributed by atoms with E-state index in [2.05, 4.69) is 10.0 Å². The van der Waals surface area contributed by atoms with Crippen LogP contribution in [0.3, 0.4) is 0 Å². The van der Waals surface area contributed by atoms with Crippen molar-refractivity contribution < 1.29 is 18.0 Å². The molecule has 0 saturated heterocycles. The van der Waals surface area contributed by atoms with Crippen molar-refractivity contribution in [3.8, 4) is 0 Å². The molecule has 0 bridgehead atoms. The largest absolute Gasteiger partial charge is 0.355 e. The molecule has 0 saturated carbocycles. The number of Topliss-reactive ketones (excluding diaryl/α,β-unsaturated/α-hetero) is 1. The predicted octanol–water partition coefficient (Wildman–Crippen LogP) is 1.53. The van der Waals surface area contributed by atoms with Crippen LogP contribution in [0.4, 0.5) is 0 Å². The van der Waals surface area contributed by atoms with Gasteiger partial charge in [-0.1, -0.05) is 42.5 Å². The van der Waals surface area contributed by atoms with Crippen molar-refractivity contribution in [2.45, 2.75) is 18.2 Å². The van der Waals surface area contributed by atoms with Crippen LogP contribution < -0.4 is 10.0 Å². The Morgan fingerprint density at radius 2 is 1.60 bits per heavy atom. The molecule has 1 amide bonds. The van der Waals surface area contributed by atoms with Crippen LogP contribution in [-0.4, -0.2) is 33.2 Å². The zero-order valence-electron chi connectivity index (χ0n) is 13.9. The van der Waals surface area contributed by atoms with Crippen LogP contribution in [0.1, 0.15) is 22.8 Å². The Morgan fingerprint density at radius 3 is 2.20 bits per heavy atom. The van der Waals surface area contributed by atoms with Gasteiger partial charge in [-0.3, -0.25) is 9.59 Å². The van der Waals surface area contributed by atoms with E-state index >= 15 is 0 Å². The number of hydrogen-bond acceptors (Lipinski definition) is 4. The zero-order valence-corrected chi connectivity index (χ0v) is 14.7. The lowest BCUT2D eigenvalue weighted by atomic mass is 10.1. The van der Waals surface area contributed by atoms with Crippen LogP contribution in [0.5, 0.6) is 0 Å². The summed E-state index contributed by atoms with van der Waals surface area (Å²) < 4.78 is 26.5. The van der Waals surface area contributed by atoms with Crippen molar-refractivity contribution >= 4 is 21.7 Å². The van der Waals surface area contributed by atoms with E-state index in [0.717, 1.165) is 5.56 Å². The Balaban J connectivity index is 1.82. The number of carbonyl (C=O) groups excluding carboxylic acids is 2. The number of carbonyl (C=O) groups is 2. The molecule has 6 nitrogen and oxygen atoms in total. The van der Waals surface area contributed by atoms with Crippen molar-refractivity contribution in [1.82, 2.24) is 10.0 Å². The number of ketones is 1. The maximum atomic E-state index is 12.1. The van der Waals surface area contributed by atoms with Gasteiger partial charge in [-0.05, 0) is 31.0 Å². The molecule has 2 aromatic rings. The molecule has 132 valence electrons. The maximum absolute atomic E-state index is 12.1. The molecule has 2 N–H and O–H groups in total. The average molecular weight is 360 g/mol. The van der Waals surface area contributed by atoms with Gasteiger partial charge in [-0.25, -0.2) is 13.1 Å². The molecule has 0 unspecified atom stereocenters. The van der Waals surface area contributed by atoms with E-state index in [-0.39, 0.29) is 17.2 Å². The van der Waals surface area contributed by atoms with Crippen LogP contribution in [0.2, 0.25) is 0 Å². The van der Waals surface area contributed by atoms with Crippen LogP contribution >= 0.6 is 0 Å². The lowest BCUT2D eigenvalue weighted by Gasteiger charge is -2.08. The molecular weight excluding hydrogens is 340 g/mol. The summed E-state index contributed by atoms with van der Waals surface area (Å²) in [7, 11) is -3.80. The number of nitrogens with one attached hydrogen (secondary N) is 2. The van der Waals surface area contributed by atoms with E-state index in [1.54, 1.807) is 0 Å². The van der Waals surface area contributed by atoms with E-state index in [1.807, 2.05) is 30.3 Å². The highest BCUT2D eigenvalue weighted by Gasteiger charge is 2.15. The lowest BCUT2D eigenvalue weighted by Crippen LogP contribution is -2.37. The first-order chi connectivity index (χ1) is 11.9. The summed E-state index contributed by atoms with van der Waals surface area (Å²) in [5.41, 5.74) is 1.52. The monoisotopic (exact) mass is 360 g/mol. The third-order valence-corrected chi connectivity index (χ3v) is 4.99. The van der Waals surface area contributed by atoms with Gasteiger partial charge < -0.3 is 5.32 Å². The van der Waals surface area contributed by atoms with Gasteiger partial charge in [0.05, 0.1) is 11.4 Å². The third kappa shape index (κ3) is 5.81. The standard InChI is InChI=1S/C18H20N2O4S/c1-14(21)16-7-9-17(10-8-16)25(23,24)20-13-18(22)19-12-11-15-5-3-2-4-6-15/h2-10,20H,11-13H2,1H3,(H,19,22). The smallest absolute Gasteiger partial charge is 0.241 e. The quantitative estimate of drug-likeness (QED) is 0.698. The van der Waals surface area contributed by atoms with Crippen LogP contribution in [-0.2, 0) is 21.2 Å². The Hall–Kier alpha value is -2.51. The van der Waals surface area contributed by atoms with E-state index in [1.165, 1.54) is 31.2 Å². The van der Waals surface area contributed by atoms with Gasteiger partial charge in [0.1, 0.15) is 0 Å². The molecule has 0 aromatic heterocycles. The molecule has 0 aliphatic heterocycles. The minimum absolute atomic E-state index is 0.00888. The summed E-state index contributed by atoms with van der Waals surface area (Å²) in [4.78, 5) is 23.0. The van der Waals surface area contributed by atoms with Gasteiger partial charge in [-0.15, -0.1) is 0 Å². The highest BCUT2D eigenvalue weighted by atomic mass is 32.2. The summed E-state index contributed by atoms with van der Waals surface area (Å²) in [5.74, 6) is -0.547. The Labute approximate surface area is 147 Å². The number of benzene rings is 2. The molecule has 0 spiro atoms. The zero-order chi connectivity index (χ0) is 18.3. The highest BCUT2D eigenvalue weighted by molar-refractivity contribution is 7.89. The second-order valence-corrected chi connectivity index (χ2v) is 7.26. The SMILES string of the molecule is CC(=O)c1ccc(S(=O)(=O)NCC(=O)NCCc2ccccc2)cc1. The van der Waals surface area contributed by atoms with Crippen molar-refractivity contribution in [3.63, 3.8) is 0 Å². The summed E-state index contributed by atoms with van der Waals surface area (Å²) in [6.45, 7) is 1.49. The molecule has 0 atom stereocenters. The van der Waals surface area contributed by atoms with Crippen LogP contribution in [0.15, 0.2) is 59.5 Å². The van der Waals surface area contributed by atoms with Crippen molar-refractivity contribution in [2.24, 2.45) is 0 Å². The Bertz CT molecular complexity index is 831. The van der Waals surface area contributed by atoms with Crippen molar-refractivity contribution in [2.75, 3.05) is 13.1 Å². The topological polar surface area (TPSA) is 92.3 Å². The van der Waals surface area contributed by atoms with Crippen molar-refractivity contribution in [1.29, 1.82) is 0 Å². The summed E-state index contributed by atoms with van der Waals surface area (Å²) in [5, 5.41) is 2.67. The van der Waals surface area contributed by atoms with E-state index in [0.29, 0.717) is 18.5 Å². The number of amides is 1. The Kier molecular flexibility index (Phi) is 6.44. The first kappa shape index (κ1) is 18.8. The molecule has 7 heteroatoms. The molecule has 25 heavy (non-hydrogen) atoms. The number of hydrogen-bond donors (Lipinski definition) is 2. The number of rotatable bonds is 8. The fourth-order valence-corrected chi connectivity index (χ4v) is 3.15. The van der Waals surface area contributed by atoms with Crippen LogP contribution in [0.25, 0.3) is 0 Å². The predicted molar refractivity (Wildman–Crippen MR) is 94.8 cm³/mol. The molecule has 0 aliphatic carbocycles.